The normalized spacial score (nSPS) is 17.8. The Kier molecular flexibility index (Phi) is 4.74. The molecule has 32 heavy (non-hydrogen) atoms. The maximum absolute atomic E-state index is 12.9. The molecule has 1 fully saturated rings. The van der Waals surface area contributed by atoms with E-state index < -0.39 is 11.9 Å². The lowest BCUT2D eigenvalue weighted by atomic mass is 10.0. The monoisotopic (exact) mass is 430 g/mol. The van der Waals surface area contributed by atoms with Crippen molar-refractivity contribution in [2.45, 2.75) is 25.4 Å². The van der Waals surface area contributed by atoms with E-state index in [1.807, 2.05) is 0 Å². The minimum atomic E-state index is -0.687. The second-order valence-electron chi connectivity index (χ2n) is 7.62. The zero-order chi connectivity index (χ0) is 22.2. The number of fused-ring (bicyclic) bond motifs is 1. The molecule has 4 amide bonds. The largest absolute Gasteiger partial charge is 0.322 e. The standard InChI is InChI=1S/C22H18N6O4/c29-19-8-7-18(21(31)25-19)27-12-14-2-1-13(11-17(14)22(27)32)20(30)24-15-3-5-16(6-4-15)28-10-9-23-26-28/h1-6,9-11,18H,7-8,12H2,(H,24,30)(H,25,29,31). The number of rotatable bonds is 4. The fraction of sp³-hybridized carbons (Fsp3) is 0.182. The minimum Gasteiger partial charge on any atom is -0.322 e. The van der Waals surface area contributed by atoms with E-state index in [9.17, 15) is 19.2 Å². The molecule has 0 aliphatic carbocycles. The third-order valence-electron chi connectivity index (χ3n) is 5.60. The first-order valence-electron chi connectivity index (χ1n) is 10.1. The van der Waals surface area contributed by atoms with Gasteiger partial charge in [0.25, 0.3) is 11.8 Å². The Morgan fingerprint density at radius 1 is 1.09 bits per heavy atom. The molecule has 3 heterocycles. The van der Waals surface area contributed by atoms with Crippen LogP contribution in [-0.2, 0) is 16.1 Å². The van der Waals surface area contributed by atoms with Crippen molar-refractivity contribution in [3.8, 4) is 5.69 Å². The minimum absolute atomic E-state index is 0.194. The van der Waals surface area contributed by atoms with E-state index >= 15 is 0 Å². The summed E-state index contributed by atoms with van der Waals surface area (Å²) in [5, 5.41) is 12.8. The summed E-state index contributed by atoms with van der Waals surface area (Å²) in [5.41, 5.74) is 2.87. The number of imide groups is 1. The van der Waals surface area contributed by atoms with E-state index in [4.69, 9.17) is 0 Å². The summed E-state index contributed by atoms with van der Waals surface area (Å²) in [6.07, 6.45) is 3.78. The van der Waals surface area contributed by atoms with Gasteiger partial charge in [-0.2, -0.15) is 0 Å². The Labute approximate surface area is 182 Å². The molecule has 5 rings (SSSR count). The quantitative estimate of drug-likeness (QED) is 0.601. The molecule has 2 aliphatic rings. The van der Waals surface area contributed by atoms with Crippen LogP contribution in [0.4, 0.5) is 5.69 Å². The van der Waals surface area contributed by atoms with Gasteiger partial charge in [-0.3, -0.25) is 24.5 Å². The van der Waals surface area contributed by atoms with E-state index in [-0.39, 0.29) is 30.7 Å². The van der Waals surface area contributed by atoms with Crippen molar-refractivity contribution >= 4 is 29.3 Å². The van der Waals surface area contributed by atoms with Crippen LogP contribution in [0.1, 0.15) is 39.1 Å². The highest BCUT2D eigenvalue weighted by Crippen LogP contribution is 2.28. The fourth-order valence-electron chi connectivity index (χ4n) is 3.94. The van der Waals surface area contributed by atoms with Gasteiger partial charge in [-0.25, -0.2) is 4.68 Å². The SMILES string of the molecule is O=C1CCC(N2Cc3ccc(C(=O)Nc4ccc(-n5ccnn5)cc4)cc3C2=O)C(=O)N1. The third-order valence-corrected chi connectivity index (χ3v) is 5.60. The summed E-state index contributed by atoms with van der Waals surface area (Å²) >= 11 is 0. The summed E-state index contributed by atoms with van der Waals surface area (Å²) in [7, 11) is 0. The molecule has 3 aromatic rings. The van der Waals surface area contributed by atoms with Crippen molar-refractivity contribution < 1.29 is 19.2 Å². The average molecular weight is 430 g/mol. The Balaban J connectivity index is 1.30. The molecule has 1 unspecified atom stereocenters. The molecule has 160 valence electrons. The van der Waals surface area contributed by atoms with Crippen LogP contribution in [0.15, 0.2) is 54.9 Å². The maximum Gasteiger partial charge on any atom is 0.255 e. The van der Waals surface area contributed by atoms with Gasteiger partial charge in [0.05, 0.1) is 18.1 Å². The van der Waals surface area contributed by atoms with Crippen molar-refractivity contribution in [1.82, 2.24) is 25.2 Å². The van der Waals surface area contributed by atoms with Gasteiger partial charge in [-0.1, -0.05) is 11.3 Å². The summed E-state index contributed by atoms with van der Waals surface area (Å²) in [5.74, 6) is -1.46. The summed E-state index contributed by atoms with van der Waals surface area (Å²) < 4.78 is 1.60. The highest BCUT2D eigenvalue weighted by atomic mass is 16.2. The average Bonchev–Trinajstić information content (AvgIpc) is 3.43. The van der Waals surface area contributed by atoms with Crippen LogP contribution in [0.25, 0.3) is 5.69 Å². The van der Waals surface area contributed by atoms with Crippen molar-refractivity contribution in [2.75, 3.05) is 5.32 Å². The highest BCUT2D eigenvalue weighted by molar-refractivity contribution is 6.08. The predicted molar refractivity (Wildman–Crippen MR) is 112 cm³/mol. The molecule has 10 nitrogen and oxygen atoms in total. The number of nitrogens with zero attached hydrogens (tertiary/aromatic N) is 4. The Morgan fingerprint density at radius 3 is 2.62 bits per heavy atom. The Morgan fingerprint density at radius 2 is 1.91 bits per heavy atom. The van der Waals surface area contributed by atoms with Crippen LogP contribution in [-0.4, -0.2) is 49.6 Å². The summed E-state index contributed by atoms with van der Waals surface area (Å²) in [6.45, 7) is 0.270. The van der Waals surface area contributed by atoms with Gasteiger partial charge in [-0.15, -0.1) is 5.10 Å². The number of nitrogens with one attached hydrogen (secondary N) is 2. The summed E-state index contributed by atoms with van der Waals surface area (Å²) in [6, 6.07) is 11.3. The topological polar surface area (TPSA) is 126 Å². The highest BCUT2D eigenvalue weighted by Gasteiger charge is 2.39. The molecule has 0 spiro atoms. The second kappa shape index (κ2) is 7.73. The van der Waals surface area contributed by atoms with E-state index in [1.54, 1.807) is 59.5 Å². The van der Waals surface area contributed by atoms with Gasteiger partial charge in [0.2, 0.25) is 11.8 Å². The number of carbonyl (C=O) groups excluding carboxylic acids is 4. The number of amides is 4. The molecular weight excluding hydrogens is 412 g/mol. The van der Waals surface area contributed by atoms with Crippen LogP contribution in [0.3, 0.4) is 0 Å². The number of piperidine rings is 1. The van der Waals surface area contributed by atoms with Gasteiger partial charge in [-0.05, 0) is 48.4 Å². The lowest BCUT2D eigenvalue weighted by Gasteiger charge is -2.29. The van der Waals surface area contributed by atoms with Gasteiger partial charge in [0.1, 0.15) is 6.04 Å². The molecule has 1 saturated heterocycles. The zero-order valence-corrected chi connectivity index (χ0v) is 16.8. The van der Waals surface area contributed by atoms with E-state index in [2.05, 4.69) is 20.9 Å². The molecule has 0 saturated carbocycles. The van der Waals surface area contributed by atoms with Gasteiger partial charge in [0.15, 0.2) is 0 Å². The maximum atomic E-state index is 12.9. The number of benzene rings is 2. The lowest BCUT2D eigenvalue weighted by Crippen LogP contribution is -2.52. The van der Waals surface area contributed by atoms with Crippen LogP contribution in [0, 0.1) is 0 Å². The lowest BCUT2D eigenvalue weighted by molar-refractivity contribution is -0.136. The first kappa shape index (κ1) is 19.6. The molecule has 1 aromatic heterocycles. The fourth-order valence-corrected chi connectivity index (χ4v) is 3.94. The molecule has 2 N–H and O–H groups in total. The smallest absolute Gasteiger partial charge is 0.255 e. The van der Waals surface area contributed by atoms with Crippen molar-refractivity contribution in [3.63, 3.8) is 0 Å². The number of anilines is 1. The molecule has 2 aliphatic heterocycles. The van der Waals surface area contributed by atoms with Crippen molar-refractivity contribution in [2.24, 2.45) is 0 Å². The number of hydrogen-bond acceptors (Lipinski definition) is 6. The van der Waals surface area contributed by atoms with Gasteiger partial charge in [0, 0.05) is 29.8 Å². The molecule has 10 heteroatoms. The Hall–Kier alpha value is -4.34. The molecular formula is C22H18N6O4. The zero-order valence-electron chi connectivity index (χ0n) is 16.8. The van der Waals surface area contributed by atoms with E-state index in [0.717, 1.165) is 11.3 Å². The number of carbonyl (C=O) groups is 4. The van der Waals surface area contributed by atoms with Crippen molar-refractivity contribution in [1.29, 1.82) is 0 Å². The number of hydrogen-bond donors (Lipinski definition) is 2. The van der Waals surface area contributed by atoms with Gasteiger partial charge >= 0.3 is 0 Å². The van der Waals surface area contributed by atoms with Crippen molar-refractivity contribution in [3.05, 3.63) is 71.5 Å². The third kappa shape index (κ3) is 3.51. The summed E-state index contributed by atoms with van der Waals surface area (Å²) in [4.78, 5) is 50.7. The molecule has 0 bridgehead atoms. The predicted octanol–water partition coefficient (Wildman–Crippen LogP) is 1.28. The van der Waals surface area contributed by atoms with Crippen LogP contribution < -0.4 is 10.6 Å². The number of aromatic nitrogens is 3. The first-order valence-corrected chi connectivity index (χ1v) is 10.1. The van der Waals surface area contributed by atoms with Crippen LogP contribution >= 0.6 is 0 Å². The van der Waals surface area contributed by atoms with Crippen LogP contribution in [0.5, 0.6) is 0 Å². The van der Waals surface area contributed by atoms with Gasteiger partial charge < -0.3 is 10.2 Å². The molecule has 2 aromatic carbocycles. The molecule has 1 atom stereocenters. The molecule has 0 radical (unpaired) electrons. The second-order valence-corrected chi connectivity index (χ2v) is 7.62. The Bertz CT molecular complexity index is 1240. The van der Waals surface area contributed by atoms with E-state index in [0.29, 0.717) is 23.2 Å². The van der Waals surface area contributed by atoms with E-state index in [1.165, 1.54) is 4.90 Å². The van der Waals surface area contributed by atoms with Crippen LogP contribution in [0.2, 0.25) is 0 Å². The first-order chi connectivity index (χ1) is 15.5.